The van der Waals surface area contributed by atoms with E-state index in [2.05, 4.69) is 41.4 Å². The molecule has 4 nitrogen and oxygen atoms in total. The van der Waals surface area contributed by atoms with Crippen molar-refractivity contribution in [3.8, 4) is 0 Å². The Morgan fingerprint density at radius 2 is 1.76 bits per heavy atom. The van der Waals surface area contributed by atoms with Gasteiger partial charge >= 0.3 is 6.03 Å². The summed E-state index contributed by atoms with van der Waals surface area (Å²) in [5.74, 6) is 0. The Morgan fingerprint density at radius 3 is 2.40 bits per heavy atom. The molecule has 5 heteroatoms. The fourth-order valence-electron chi connectivity index (χ4n) is 3.05. The zero-order chi connectivity index (χ0) is 17.8. The van der Waals surface area contributed by atoms with Gasteiger partial charge in [0.25, 0.3) is 0 Å². The summed E-state index contributed by atoms with van der Waals surface area (Å²) in [5.41, 5.74) is 4.24. The van der Waals surface area contributed by atoms with Crippen LogP contribution in [0.4, 0.5) is 16.2 Å². The summed E-state index contributed by atoms with van der Waals surface area (Å²) in [5, 5.41) is 3.64. The molecule has 1 saturated heterocycles. The van der Waals surface area contributed by atoms with Crippen LogP contribution in [0, 0.1) is 6.92 Å². The van der Waals surface area contributed by atoms with E-state index in [9.17, 15) is 4.79 Å². The van der Waals surface area contributed by atoms with Gasteiger partial charge in [-0.25, -0.2) is 4.79 Å². The van der Waals surface area contributed by atoms with Crippen LogP contribution in [-0.2, 0) is 6.42 Å². The third-order valence-electron chi connectivity index (χ3n) is 4.79. The highest BCUT2D eigenvalue weighted by atomic mass is 35.5. The molecular weight excluding hydrogens is 334 g/mol. The monoisotopic (exact) mass is 357 g/mol. The number of aryl methyl sites for hydroxylation is 1. The molecule has 0 unspecified atom stereocenters. The van der Waals surface area contributed by atoms with Crippen molar-refractivity contribution < 1.29 is 4.79 Å². The first-order chi connectivity index (χ1) is 12.1. The molecule has 1 heterocycles. The minimum absolute atomic E-state index is 0.0636. The van der Waals surface area contributed by atoms with E-state index in [1.165, 1.54) is 11.3 Å². The van der Waals surface area contributed by atoms with Crippen molar-refractivity contribution in [2.75, 3.05) is 36.4 Å². The van der Waals surface area contributed by atoms with Crippen LogP contribution in [-0.4, -0.2) is 37.1 Å². The second-order valence-corrected chi connectivity index (χ2v) is 6.74. The predicted octanol–water partition coefficient (Wildman–Crippen LogP) is 4.56. The lowest BCUT2D eigenvalue weighted by Gasteiger charge is -2.36. The summed E-state index contributed by atoms with van der Waals surface area (Å²) in [4.78, 5) is 16.7. The van der Waals surface area contributed by atoms with Gasteiger partial charge in [-0.3, -0.25) is 0 Å². The van der Waals surface area contributed by atoms with E-state index in [1.807, 2.05) is 30.0 Å². The maximum absolute atomic E-state index is 12.5. The van der Waals surface area contributed by atoms with Crippen LogP contribution >= 0.6 is 11.6 Å². The normalized spacial score (nSPS) is 14.5. The van der Waals surface area contributed by atoms with Crippen molar-refractivity contribution >= 4 is 29.0 Å². The molecule has 0 saturated carbocycles. The van der Waals surface area contributed by atoms with Gasteiger partial charge in [0.05, 0.1) is 0 Å². The third-order valence-corrected chi connectivity index (χ3v) is 5.20. The van der Waals surface area contributed by atoms with Crippen LogP contribution in [0.25, 0.3) is 0 Å². The second-order valence-electron chi connectivity index (χ2n) is 6.34. The molecule has 2 amide bonds. The van der Waals surface area contributed by atoms with Gasteiger partial charge in [-0.05, 0) is 48.7 Å². The lowest BCUT2D eigenvalue weighted by atomic mass is 10.1. The highest BCUT2D eigenvalue weighted by Gasteiger charge is 2.21. The molecule has 1 N–H and O–H groups in total. The second kappa shape index (κ2) is 7.79. The minimum atomic E-state index is -0.0636. The SMILES string of the molecule is CCc1ccc(N2CCN(C(=O)Nc3cccc(Cl)c3C)CC2)cc1. The number of carbonyl (C=O) groups excluding carboxylic acids is 1. The van der Waals surface area contributed by atoms with E-state index in [4.69, 9.17) is 11.6 Å². The number of urea groups is 1. The molecule has 2 aromatic rings. The summed E-state index contributed by atoms with van der Waals surface area (Å²) in [6.45, 7) is 7.17. The number of benzene rings is 2. The first kappa shape index (κ1) is 17.6. The summed E-state index contributed by atoms with van der Waals surface area (Å²) < 4.78 is 0. The quantitative estimate of drug-likeness (QED) is 0.873. The molecule has 25 heavy (non-hydrogen) atoms. The molecule has 0 aromatic heterocycles. The molecule has 1 aliphatic heterocycles. The fraction of sp³-hybridized carbons (Fsp3) is 0.350. The van der Waals surface area contributed by atoms with Gasteiger partial charge in [-0.1, -0.05) is 36.7 Å². The van der Waals surface area contributed by atoms with E-state index >= 15 is 0 Å². The number of hydrogen-bond donors (Lipinski definition) is 1. The highest BCUT2D eigenvalue weighted by Crippen LogP contribution is 2.23. The number of rotatable bonds is 3. The molecule has 3 rings (SSSR count). The predicted molar refractivity (Wildman–Crippen MR) is 105 cm³/mol. The number of nitrogens with one attached hydrogen (secondary N) is 1. The van der Waals surface area contributed by atoms with Gasteiger partial charge in [0.15, 0.2) is 0 Å². The average molecular weight is 358 g/mol. The number of halogens is 1. The Balaban J connectivity index is 1.57. The molecule has 0 bridgehead atoms. The van der Waals surface area contributed by atoms with Crippen molar-refractivity contribution in [2.24, 2.45) is 0 Å². The molecular formula is C20H24ClN3O. The zero-order valence-electron chi connectivity index (χ0n) is 14.8. The van der Waals surface area contributed by atoms with Crippen LogP contribution in [0.3, 0.4) is 0 Å². The maximum Gasteiger partial charge on any atom is 0.321 e. The number of carbonyl (C=O) groups is 1. The first-order valence-corrected chi connectivity index (χ1v) is 9.11. The Labute approximate surface area is 154 Å². The van der Waals surface area contributed by atoms with Crippen molar-refractivity contribution in [3.05, 3.63) is 58.6 Å². The maximum atomic E-state index is 12.5. The van der Waals surface area contributed by atoms with Crippen LogP contribution in [0.2, 0.25) is 5.02 Å². The molecule has 132 valence electrons. The molecule has 0 radical (unpaired) electrons. The van der Waals surface area contributed by atoms with Crippen molar-refractivity contribution in [1.29, 1.82) is 0 Å². The molecule has 1 fully saturated rings. The van der Waals surface area contributed by atoms with E-state index in [0.29, 0.717) is 18.1 Å². The van der Waals surface area contributed by atoms with Crippen molar-refractivity contribution in [1.82, 2.24) is 4.90 Å². The summed E-state index contributed by atoms with van der Waals surface area (Å²) in [6.07, 6.45) is 1.05. The fourth-order valence-corrected chi connectivity index (χ4v) is 3.22. The number of amides is 2. The van der Waals surface area contributed by atoms with Gasteiger partial charge in [0.2, 0.25) is 0 Å². The van der Waals surface area contributed by atoms with Gasteiger partial charge in [0.1, 0.15) is 0 Å². The number of anilines is 2. The Kier molecular flexibility index (Phi) is 5.49. The number of piperazine rings is 1. The lowest BCUT2D eigenvalue weighted by molar-refractivity contribution is 0.208. The van der Waals surface area contributed by atoms with Crippen LogP contribution in [0.15, 0.2) is 42.5 Å². The summed E-state index contributed by atoms with van der Waals surface area (Å²) in [6, 6.07) is 14.2. The van der Waals surface area contributed by atoms with Gasteiger partial charge in [-0.15, -0.1) is 0 Å². The van der Waals surface area contributed by atoms with Crippen LogP contribution in [0.5, 0.6) is 0 Å². The molecule has 0 atom stereocenters. The van der Waals surface area contributed by atoms with E-state index in [0.717, 1.165) is 30.8 Å². The standard InChI is InChI=1S/C20H24ClN3O/c1-3-16-7-9-17(10-8-16)23-11-13-24(14-12-23)20(25)22-19-6-4-5-18(21)15(19)2/h4-10H,3,11-14H2,1-2H3,(H,22,25). The molecule has 0 spiro atoms. The molecule has 0 aliphatic carbocycles. The van der Waals surface area contributed by atoms with Crippen molar-refractivity contribution in [2.45, 2.75) is 20.3 Å². The summed E-state index contributed by atoms with van der Waals surface area (Å²) in [7, 11) is 0. The van der Waals surface area contributed by atoms with Gasteiger partial charge < -0.3 is 15.1 Å². The third kappa shape index (κ3) is 4.07. The Hall–Kier alpha value is -2.20. The smallest absolute Gasteiger partial charge is 0.321 e. The molecule has 1 aliphatic rings. The minimum Gasteiger partial charge on any atom is -0.368 e. The van der Waals surface area contributed by atoms with E-state index < -0.39 is 0 Å². The average Bonchev–Trinajstić information content (AvgIpc) is 2.65. The van der Waals surface area contributed by atoms with Crippen LogP contribution < -0.4 is 10.2 Å². The van der Waals surface area contributed by atoms with Crippen LogP contribution in [0.1, 0.15) is 18.1 Å². The summed E-state index contributed by atoms with van der Waals surface area (Å²) >= 11 is 6.12. The Bertz CT molecular complexity index is 737. The van der Waals surface area contributed by atoms with Gasteiger partial charge in [0, 0.05) is 42.6 Å². The largest absolute Gasteiger partial charge is 0.368 e. The zero-order valence-corrected chi connectivity index (χ0v) is 15.5. The van der Waals surface area contributed by atoms with Gasteiger partial charge in [-0.2, -0.15) is 0 Å². The topological polar surface area (TPSA) is 35.6 Å². The molecule has 2 aromatic carbocycles. The Morgan fingerprint density at radius 1 is 1.08 bits per heavy atom. The number of hydrogen-bond acceptors (Lipinski definition) is 2. The first-order valence-electron chi connectivity index (χ1n) is 8.73. The van der Waals surface area contributed by atoms with E-state index in [1.54, 1.807) is 0 Å². The number of nitrogens with zero attached hydrogens (tertiary/aromatic N) is 2. The van der Waals surface area contributed by atoms with Crippen molar-refractivity contribution in [3.63, 3.8) is 0 Å². The van der Waals surface area contributed by atoms with E-state index in [-0.39, 0.29) is 6.03 Å². The highest BCUT2D eigenvalue weighted by molar-refractivity contribution is 6.31. The lowest BCUT2D eigenvalue weighted by Crippen LogP contribution is -2.50.